The fourth-order valence-electron chi connectivity index (χ4n) is 2.03. The van der Waals surface area contributed by atoms with E-state index in [1.165, 1.54) is 30.3 Å². The zero-order valence-corrected chi connectivity index (χ0v) is 15.4. The molecule has 6 nitrogen and oxygen atoms in total. The van der Waals surface area contributed by atoms with Crippen LogP contribution in [-0.2, 0) is 19.4 Å². The molecule has 0 spiro atoms. The monoisotopic (exact) mass is 399 g/mol. The number of esters is 1. The summed E-state index contributed by atoms with van der Waals surface area (Å²) in [6.45, 7) is 1.01. The van der Waals surface area contributed by atoms with Crippen LogP contribution in [-0.4, -0.2) is 33.2 Å². The van der Waals surface area contributed by atoms with Crippen molar-refractivity contribution in [2.75, 3.05) is 18.2 Å². The van der Waals surface area contributed by atoms with Gasteiger partial charge in [0, 0.05) is 11.9 Å². The Bertz CT molecular complexity index is 975. The molecular formula is C17H15ClFNO5S. The van der Waals surface area contributed by atoms with E-state index in [0.717, 1.165) is 12.3 Å². The third-order valence-electron chi connectivity index (χ3n) is 3.39. The Labute approximate surface area is 154 Å². The van der Waals surface area contributed by atoms with E-state index in [1.807, 2.05) is 0 Å². The summed E-state index contributed by atoms with van der Waals surface area (Å²) in [6, 6.07) is 7.67. The Hall–Kier alpha value is -2.45. The number of halogens is 2. The lowest BCUT2D eigenvalue weighted by Gasteiger charge is -2.09. The summed E-state index contributed by atoms with van der Waals surface area (Å²) < 4.78 is 41.2. The van der Waals surface area contributed by atoms with Gasteiger partial charge in [-0.05, 0) is 42.8 Å². The van der Waals surface area contributed by atoms with Crippen molar-refractivity contribution in [3.05, 3.63) is 58.4 Å². The van der Waals surface area contributed by atoms with Crippen molar-refractivity contribution in [1.29, 1.82) is 0 Å². The largest absolute Gasteiger partial charge is 0.452 e. The highest BCUT2D eigenvalue weighted by molar-refractivity contribution is 7.90. The predicted molar refractivity (Wildman–Crippen MR) is 94.6 cm³/mol. The van der Waals surface area contributed by atoms with Crippen LogP contribution < -0.4 is 5.32 Å². The van der Waals surface area contributed by atoms with E-state index in [0.29, 0.717) is 5.56 Å². The van der Waals surface area contributed by atoms with E-state index >= 15 is 0 Å². The molecule has 0 aliphatic carbocycles. The molecule has 0 bridgehead atoms. The van der Waals surface area contributed by atoms with E-state index in [1.54, 1.807) is 6.92 Å². The number of carbonyl (C=O) groups excluding carboxylic acids is 2. The van der Waals surface area contributed by atoms with Crippen molar-refractivity contribution in [1.82, 2.24) is 0 Å². The summed E-state index contributed by atoms with van der Waals surface area (Å²) in [4.78, 5) is 23.9. The summed E-state index contributed by atoms with van der Waals surface area (Å²) in [5.74, 6) is -2.12. The topological polar surface area (TPSA) is 89.5 Å². The van der Waals surface area contributed by atoms with Gasteiger partial charge in [0.05, 0.1) is 15.5 Å². The van der Waals surface area contributed by atoms with Gasteiger partial charge in [-0.2, -0.15) is 0 Å². The lowest BCUT2D eigenvalue weighted by atomic mass is 10.1. The number of hydrogen-bond donors (Lipinski definition) is 1. The van der Waals surface area contributed by atoms with Crippen molar-refractivity contribution < 1.29 is 27.1 Å². The first-order valence-electron chi connectivity index (χ1n) is 7.30. The number of hydrogen-bond acceptors (Lipinski definition) is 5. The van der Waals surface area contributed by atoms with Crippen LogP contribution in [0.1, 0.15) is 15.9 Å². The first-order chi connectivity index (χ1) is 12.1. The molecule has 2 rings (SSSR count). The van der Waals surface area contributed by atoms with Crippen molar-refractivity contribution in [3.8, 4) is 0 Å². The molecule has 2 aromatic carbocycles. The minimum atomic E-state index is -3.49. The molecule has 138 valence electrons. The first kappa shape index (κ1) is 19.9. The molecule has 1 amide bonds. The number of benzene rings is 2. The lowest BCUT2D eigenvalue weighted by Crippen LogP contribution is -2.21. The number of carbonyl (C=O) groups is 2. The van der Waals surface area contributed by atoms with E-state index in [2.05, 4.69) is 5.32 Å². The van der Waals surface area contributed by atoms with E-state index < -0.39 is 34.1 Å². The van der Waals surface area contributed by atoms with Gasteiger partial charge in [-0.15, -0.1) is 0 Å². The van der Waals surface area contributed by atoms with Crippen LogP contribution >= 0.6 is 11.6 Å². The fourth-order valence-corrected chi connectivity index (χ4v) is 2.86. The Morgan fingerprint density at radius 2 is 1.88 bits per heavy atom. The summed E-state index contributed by atoms with van der Waals surface area (Å²) in [7, 11) is -3.49. The molecule has 0 atom stereocenters. The van der Waals surface area contributed by atoms with Crippen LogP contribution in [0.2, 0.25) is 5.02 Å². The van der Waals surface area contributed by atoms with Gasteiger partial charge in [-0.1, -0.05) is 17.7 Å². The van der Waals surface area contributed by atoms with Gasteiger partial charge in [-0.3, -0.25) is 4.79 Å². The van der Waals surface area contributed by atoms with Crippen LogP contribution in [0.25, 0.3) is 0 Å². The van der Waals surface area contributed by atoms with Gasteiger partial charge in [0.1, 0.15) is 5.82 Å². The zero-order chi connectivity index (χ0) is 19.5. The average Bonchev–Trinajstić information content (AvgIpc) is 2.55. The minimum Gasteiger partial charge on any atom is -0.452 e. The van der Waals surface area contributed by atoms with Gasteiger partial charge in [-0.25, -0.2) is 17.6 Å². The smallest absolute Gasteiger partial charge is 0.338 e. The molecule has 9 heteroatoms. The Morgan fingerprint density at radius 1 is 1.19 bits per heavy atom. The second kappa shape index (κ2) is 7.84. The Kier molecular flexibility index (Phi) is 5.99. The summed E-state index contributed by atoms with van der Waals surface area (Å²) in [6.07, 6.45) is 1.02. The third kappa shape index (κ3) is 5.03. The van der Waals surface area contributed by atoms with Crippen LogP contribution in [0, 0.1) is 12.7 Å². The molecule has 0 saturated carbocycles. The third-order valence-corrected chi connectivity index (χ3v) is 4.79. The normalized spacial score (nSPS) is 11.1. The number of nitrogens with one attached hydrogen (secondary N) is 1. The van der Waals surface area contributed by atoms with Gasteiger partial charge in [0.25, 0.3) is 5.91 Å². The second-order valence-corrected chi connectivity index (χ2v) is 7.93. The molecule has 2 aromatic rings. The highest BCUT2D eigenvalue weighted by Crippen LogP contribution is 2.19. The minimum absolute atomic E-state index is 0.0274. The number of aryl methyl sites for hydroxylation is 1. The predicted octanol–water partition coefficient (Wildman–Crippen LogP) is 2.99. The quantitative estimate of drug-likeness (QED) is 0.780. The first-order valence-corrected chi connectivity index (χ1v) is 9.57. The maximum absolute atomic E-state index is 13.1. The van der Waals surface area contributed by atoms with Crippen molar-refractivity contribution in [3.63, 3.8) is 0 Å². The van der Waals surface area contributed by atoms with Crippen LogP contribution in [0.5, 0.6) is 0 Å². The number of ether oxygens (including phenoxy) is 1. The molecule has 0 radical (unpaired) electrons. The van der Waals surface area contributed by atoms with Gasteiger partial charge in [0.15, 0.2) is 16.4 Å². The molecule has 0 aliphatic heterocycles. The van der Waals surface area contributed by atoms with Crippen molar-refractivity contribution in [2.24, 2.45) is 0 Å². The molecule has 1 N–H and O–H groups in total. The van der Waals surface area contributed by atoms with E-state index in [9.17, 15) is 22.4 Å². The molecule has 0 fully saturated rings. The fraction of sp³-hybridized carbons (Fsp3) is 0.176. The van der Waals surface area contributed by atoms with Gasteiger partial charge in [0.2, 0.25) is 0 Å². The molecule has 0 saturated heterocycles. The van der Waals surface area contributed by atoms with Crippen LogP contribution in [0.15, 0.2) is 41.3 Å². The number of anilines is 1. The Balaban J connectivity index is 2.04. The molecule has 0 aromatic heterocycles. The highest BCUT2D eigenvalue weighted by Gasteiger charge is 2.17. The molecule has 26 heavy (non-hydrogen) atoms. The second-order valence-electron chi connectivity index (χ2n) is 5.50. The standard InChI is InChI=1S/C17H15ClFNO5S/c1-10-3-5-12(26(2,23)24)8-13(10)17(22)25-9-16(21)20-11-4-6-15(19)14(18)7-11/h3-8H,9H2,1-2H3,(H,20,21). The average molecular weight is 400 g/mol. The van der Waals surface area contributed by atoms with Crippen molar-refractivity contribution in [2.45, 2.75) is 11.8 Å². The summed E-state index contributed by atoms with van der Waals surface area (Å²) >= 11 is 5.61. The Morgan fingerprint density at radius 3 is 2.50 bits per heavy atom. The maximum atomic E-state index is 13.1. The summed E-state index contributed by atoms with van der Waals surface area (Å²) in [5, 5.41) is 2.24. The van der Waals surface area contributed by atoms with Crippen LogP contribution in [0.3, 0.4) is 0 Å². The molecule has 0 aliphatic rings. The van der Waals surface area contributed by atoms with E-state index in [4.69, 9.17) is 16.3 Å². The van der Waals surface area contributed by atoms with Gasteiger partial charge >= 0.3 is 5.97 Å². The number of rotatable bonds is 5. The highest BCUT2D eigenvalue weighted by atomic mass is 35.5. The molecule has 0 unspecified atom stereocenters. The molecule has 0 heterocycles. The zero-order valence-electron chi connectivity index (χ0n) is 13.9. The number of sulfone groups is 1. The van der Waals surface area contributed by atoms with Crippen LogP contribution in [0.4, 0.5) is 10.1 Å². The number of amides is 1. The SMILES string of the molecule is Cc1ccc(S(C)(=O)=O)cc1C(=O)OCC(=O)Nc1ccc(F)c(Cl)c1. The van der Waals surface area contributed by atoms with Crippen molar-refractivity contribution >= 4 is 39.0 Å². The lowest BCUT2D eigenvalue weighted by molar-refractivity contribution is -0.119. The molecular weight excluding hydrogens is 385 g/mol. The van der Waals surface area contributed by atoms with E-state index in [-0.39, 0.29) is 21.2 Å². The van der Waals surface area contributed by atoms with Gasteiger partial charge < -0.3 is 10.1 Å². The maximum Gasteiger partial charge on any atom is 0.338 e. The summed E-state index contributed by atoms with van der Waals surface area (Å²) in [5.41, 5.74) is 0.798.